The summed E-state index contributed by atoms with van der Waals surface area (Å²) in [5.74, 6) is 0.732. The Hall–Kier alpha value is -1.61. The highest BCUT2D eigenvalue weighted by molar-refractivity contribution is 5.20. The summed E-state index contributed by atoms with van der Waals surface area (Å²) in [5.41, 5.74) is 1.07. The molecule has 2 aromatic rings. The normalized spacial score (nSPS) is 14.4. The monoisotopic (exact) mass is 247 g/mol. The van der Waals surface area contributed by atoms with Gasteiger partial charge in [0.2, 0.25) is 0 Å². The van der Waals surface area contributed by atoms with E-state index in [9.17, 15) is 4.39 Å². The van der Waals surface area contributed by atoms with Crippen LogP contribution in [0.5, 0.6) is 0 Å². The topological polar surface area (TPSA) is 25.2 Å². The Kier molecular flexibility index (Phi) is 4.15. The predicted molar refractivity (Wildman–Crippen MR) is 69.7 cm³/mol. The van der Waals surface area contributed by atoms with Gasteiger partial charge in [0, 0.05) is 6.04 Å². The third-order valence-electron chi connectivity index (χ3n) is 3.12. The van der Waals surface area contributed by atoms with Crippen molar-refractivity contribution < 1.29 is 8.81 Å². The van der Waals surface area contributed by atoms with Crippen molar-refractivity contribution in [1.82, 2.24) is 5.32 Å². The van der Waals surface area contributed by atoms with E-state index in [4.69, 9.17) is 4.42 Å². The largest absolute Gasteiger partial charge is 0.468 e. The summed E-state index contributed by atoms with van der Waals surface area (Å²) >= 11 is 0. The molecule has 1 heterocycles. The summed E-state index contributed by atoms with van der Waals surface area (Å²) in [6.45, 7) is 4.18. The summed E-state index contributed by atoms with van der Waals surface area (Å²) in [6.07, 6.45) is 2.63. The van der Waals surface area contributed by atoms with Crippen LogP contribution in [0.25, 0.3) is 0 Å². The molecule has 2 unspecified atom stereocenters. The van der Waals surface area contributed by atoms with E-state index in [1.54, 1.807) is 6.26 Å². The van der Waals surface area contributed by atoms with Crippen LogP contribution >= 0.6 is 0 Å². The lowest BCUT2D eigenvalue weighted by molar-refractivity contribution is 0.376. The van der Waals surface area contributed by atoms with E-state index >= 15 is 0 Å². The zero-order chi connectivity index (χ0) is 13.0. The highest BCUT2D eigenvalue weighted by Crippen LogP contribution is 2.22. The quantitative estimate of drug-likeness (QED) is 0.855. The average molecular weight is 247 g/mol. The first-order valence-corrected chi connectivity index (χ1v) is 6.25. The Morgan fingerprint density at radius 3 is 2.50 bits per heavy atom. The van der Waals surface area contributed by atoms with E-state index < -0.39 is 0 Å². The van der Waals surface area contributed by atoms with Gasteiger partial charge in [0.25, 0.3) is 0 Å². The summed E-state index contributed by atoms with van der Waals surface area (Å²) in [7, 11) is 0. The molecular formula is C15H18FNO. The minimum atomic E-state index is -0.205. The van der Waals surface area contributed by atoms with E-state index in [-0.39, 0.29) is 17.9 Å². The summed E-state index contributed by atoms with van der Waals surface area (Å²) in [5, 5.41) is 3.49. The second-order valence-electron chi connectivity index (χ2n) is 4.42. The second kappa shape index (κ2) is 5.83. The molecule has 0 saturated heterocycles. The van der Waals surface area contributed by atoms with Crippen molar-refractivity contribution in [2.45, 2.75) is 32.4 Å². The van der Waals surface area contributed by atoms with Gasteiger partial charge >= 0.3 is 0 Å². The molecule has 3 heteroatoms. The van der Waals surface area contributed by atoms with Crippen LogP contribution in [0.3, 0.4) is 0 Å². The molecule has 0 fully saturated rings. The van der Waals surface area contributed by atoms with Crippen LogP contribution in [0.1, 0.15) is 43.7 Å². The van der Waals surface area contributed by atoms with Crippen LogP contribution in [0.2, 0.25) is 0 Å². The van der Waals surface area contributed by atoms with E-state index in [0.29, 0.717) is 0 Å². The average Bonchev–Trinajstić information content (AvgIpc) is 2.90. The van der Waals surface area contributed by atoms with Gasteiger partial charge in [-0.1, -0.05) is 19.1 Å². The predicted octanol–water partition coefficient (Wildman–Crippen LogP) is 4.22. The van der Waals surface area contributed by atoms with Crippen molar-refractivity contribution >= 4 is 0 Å². The van der Waals surface area contributed by atoms with Gasteiger partial charge in [-0.15, -0.1) is 0 Å². The standard InChI is InChI=1S/C15H18FNO/c1-3-14(15-5-4-10-18-15)17-11(2)12-6-8-13(16)9-7-12/h4-11,14,17H,3H2,1-2H3. The van der Waals surface area contributed by atoms with Gasteiger partial charge < -0.3 is 9.73 Å². The van der Waals surface area contributed by atoms with Crippen LogP contribution in [0.15, 0.2) is 47.1 Å². The zero-order valence-electron chi connectivity index (χ0n) is 10.7. The molecule has 0 saturated carbocycles. The Labute approximate surface area is 107 Å². The lowest BCUT2D eigenvalue weighted by Crippen LogP contribution is -2.23. The van der Waals surface area contributed by atoms with Crippen LogP contribution in [0, 0.1) is 5.82 Å². The molecule has 0 amide bonds. The third-order valence-corrected chi connectivity index (χ3v) is 3.12. The molecule has 0 aliphatic carbocycles. The van der Waals surface area contributed by atoms with Crippen molar-refractivity contribution in [3.63, 3.8) is 0 Å². The second-order valence-corrected chi connectivity index (χ2v) is 4.42. The van der Waals surface area contributed by atoms with Gasteiger partial charge in [-0.2, -0.15) is 0 Å². The number of hydrogen-bond donors (Lipinski definition) is 1. The summed E-state index contributed by atoms with van der Waals surface area (Å²) < 4.78 is 18.3. The summed E-state index contributed by atoms with van der Waals surface area (Å²) in [4.78, 5) is 0. The number of rotatable bonds is 5. The molecule has 1 aromatic carbocycles. The van der Waals surface area contributed by atoms with Crippen molar-refractivity contribution in [3.8, 4) is 0 Å². The molecule has 0 aliphatic rings. The lowest BCUT2D eigenvalue weighted by Gasteiger charge is -2.21. The number of hydrogen-bond acceptors (Lipinski definition) is 2. The van der Waals surface area contributed by atoms with Gasteiger partial charge in [0.1, 0.15) is 11.6 Å². The first-order chi connectivity index (χ1) is 8.70. The van der Waals surface area contributed by atoms with Gasteiger partial charge in [0.05, 0.1) is 12.3 Å². The van der Waals surface area contributed by atoms with Gasteiger partial charge in [-0.25, -0.2) is 4.39 Å². The Morgan fingerprint density at radius 1 is 1.22 bits per heavy atom. The van der Waals surface area contributed by atoms with Crippen LogP contribution in [0.4, 0.5) is 4.39 Å². The Balaban J connectivity index is 2.05. The molecule has 18 heavy (non-hydrogen) atoms. The number of benzene rings is 1. The molecule has 0 spiro atoms. The lowest BCUT2D eigenvalue weighted by atomic mass is 10.1. The number of nitrogens with one attached hydrogen (secondary N) is 1. The van der Waals surface area contributed by atoms with Crippen molar-refractivity contribution in [3.05, 3.63) is 59.8 Å². The fourth-order valence-electron chi connectivity index (χ4n) is 2.04. The molecule has 0 aliphatic heterocycles. The van der Waals surface area contributed by atoms with Gasteiger partial charge in [0.15, 0.2) is 0 Å². The molecule has 0 radical (unpaired) electrons. The van der Waals surface area contributed by atoms with E-state index in [1.807, 2.05) is 24.3 Å². The fourth-order valence-corrected chi connectivity index (χ4v) is 2.04. The highest BCUT2D eigenvalue weighted by Gasteiger charge is 2.15. The Morgan fingerprint density at radius 2 is 1.94 bits per heavy atom. The SMILES string of the molecule is CCC(NC(C)c1ccc(F)cc1)c1ccco1. The van der Waals surface area contributed by atoms with E-state index in [1.165, 1.54) is 12.1 Å². The molecule has 96 valence electrons. The van der Waals surface area contributed by atoms with E-state index in [0.717, 1.165) is 17.7 Å². The van der Waals surface area contributed by atoms with Gasteiger partial charge in [-0.05, 0) is 43.2 Å². The van der Waals surface area contributed by atoms with Crippen LogP contribution in [-0.4, -0.2) is 0 Å². The van der Waals surface area contributed by atoms with Crippen LogP contribution < -0.4 is 5.32 Å². The maximum absolute atomic E-state index is 12.9. The first kappa shape index (κ1) is 12.8. The minimum absolute atomic E-state index is 0.153. The zero-order valence-corrected chi connectivity index (χ0v) is 10.7. The van der Waals surface area contributed by atoms with Crippen molar-refractivity contribution in [2.75, 3.05) is 0 Å². The Bertz CT molecular complexity index is 464. The summed E-state index contributed by atoms with van der Waals surface area (Å²) in [6, 6.07) is 10.8. The fraction of sp³-hybridized carbons (Fsp3) is 0.333. The third kappa shape index (κ3) is 2.99. The minimum Gasteiger partial charge on any atom is -0.468 e. The number of halogens is 1. The first-order valence-electron chi connectivity index (χ1n) is 6.25. The number of furan rings is 1. The smallest absolute Gasteiger partial charge is 0.123 e. The highest BCUT2D eigenvalue weighted by atomic mass is 19.1. The maximum atomic E-state index is 12.9. The van der Waals surface area contributed by atoms with Crippen molar-refractivity contribution in [2.24, 2.45) is 0 Å². The molecule has 1 aromatic heterocycles. The van der Waals surface area contributed by atoms with Gasteiger partial charge in [-0.3, -0.25) is 0 Å². The molecule has 0 bridgehead atoms. The molecule has 2 nitrogen and oxygen atoms in total. The maximum Gasteiger partial charge on any atom is 0.123 e. The molecule has 2 rings (SSSR count). The molecule has 1 N–H and O–H groups in total. The van der Waals surface area contributed by atoms with Crippen molar-refractivity contribution in [1.29, 1.82) is 0 Å². The van der Waals surface area contributed by atoms with Crippen LogP contribution in [-0.2, 0) is 0 Å². The molecular weight excluding hydrogens is 229 g/mol. The molecule has 2 atom stereocenters. The van der Waals surface area contributed by atoms with E-state index in [2.05, 4.69) is 19.2 Å².